The minimum Gasteiger partial charge on any atom is -0.331 e. The van der Waals surface area contributed by atoms with Crippen LogP contribution >= 0.6 is 0 Å². The molecule has 7 heavy (non-hydrogen) atoms. The van der Waals surface area contributed by atoms with Gasteiger partial charge in [-0.1, -0.05) is 21.3 Å². The molecule has 0 fully saturated rings. The Bertz CT molecular complexity index is 8.04. The number of hydrogen-bond acceptors (Lipinski definition) is 2. The van der Waals surface area contributed by atoms with E-state index in [1.807, 2.05) is 13.8 Å². The molecule has 0 aliphatic heterocycles. The third-order valence-electron chi connectivity index (χ3n) is 0. The van der Waals surface area contributed by atoms with Crippen molar-refractivity contribution in [3.63, 3.8) is 0 Å². The lowest BCUT2D eigenvalue weighted by Crippen LogP contribution is -1.87. The third kappa shape index (κ3) is 14200. The van der Waals surface area contributed by atoms with Crippen molar-refractivity contribution in [2.45, 2.75) is 21.3 Å². The molecule has 0 unspecified atom stereocenters. The zero-order valence-electron chi connectivity index (χ0n) is 4.57. The maximum absolute atomic E-state index is 4.85. The fourth-order valence-corrected chi connectivity index (χ4v) is 0. The molecule has 4 N–H and O–H groups in total. The van der Waals surface area contributed by atoms with Gasteiger partial charge in [0.15, 0.2) is 0 Å². The largest absolute Gasteiger partial charge is 0.331 e. The predicted molar refractivity (Wildman–Crippen MR) is 36.2 cm³/mol. The Balaban J connectivity index is -0.0000000400. The maximum atomic E-state index is 4.85. The second-order valence-electron chi connectivity index (χ2n) is 0.816. The van der Waals surface area contributed by atoms with Crippen LogP contribution < -0.4 is 11.5 Å². The van der Waals surface area contributed by atoms with Crippen LogP contribution in [0.1, 0.15) is 21.3 Å². The lowest BCUT2D eigenvalue weighted by atomic mass is 10.8. The molecular formula is C5H18N2. The summed E-state index contributed by atoms with van der Waals surface area (Å²) in [6.45, 7) is 5.31. The molecule has 0 amide bonds. The fraction of sp³-hybridized carbons (Fsp3) is 1.00. The topological polar surface area (TPSA) is 52.0 Å². The van der Waals surface area contributed by atoms with Crippen molar-refractivity contribution < 1.29 is 0 Å². The van der Waals surface area contributed by atoms with Crippen LogP contribution in [-0.4, -0.2) is 13.1 Å². The summed E-state index contributed by atoms with van der Waals surface area (Å²) in [6, 6.07) is 0. The first-order valence-electron chi connectivity index (χ1n) is 2.23. The van der Waals surface area contributed by atoms with Gasteiger partial charge >= 0.3 is 0 Å². The molecule has 0 aromatic heterocycles. The van der Waals surface area contributed by atoms with Gasteiger partial charge in [-0.05, 0) is 13.1 Å². The van der Waals surface area contributed by atoms with Gasteiger partial charge in [0.1, 0.15) is 0 Å². The van der Waals surface area contributed by atoms with Crippen molar-refractivity contribution in [3.8, 4) is 0 Å². The predicted octanol–water partition coefficient (Wildman–Crippen LogP) is 0.566. The number of hydrogen-bond donors (Lipinski definition) is 2. The Hall–Kier alpha value is -0.0800. The van der Waals surface area contributed by atoms with Crippen LogP contribution in [0.15, 0.2) is 0 Å². The van der Waals surface area contributed by atoms with Gasteiger partial charge in [0, 0.05) is 0 Å². The van der Waals surface area contributed by atoms with E-state index in [4.69, 9.17) is 11.5 Å². The highest BCUT2D eigenvalue weighted by molar-refractivity contribution is 4.00. The molecule has 0 aliphatic rings. The van der Waals surface area contributed by atoms with Gasteiger partial charge in [0.2, 0.25) is 0 Å². The maximum Gasteiger partial charge on any atom is -0.0106 e. The van der Waals surface area contributed by atoms with Gasteiger partial charge in [-0.15, -0.1) is 0 Å². The molecule has 0 aromatic rings. The monoisotopic (exact) mass is 106 g/mol. The summed E-state index contributed by atoms with van der Waals surface area (Å²) >= 11 is 0. The van der Waals surface area contributed by atoms with Crippen molar-refractivity contribution in [3.05, 3.63) is 0 Å². The molecule has 2 nitrogen and oxygen atoms in total. The quantitative estimate of drug-likeness (QED) is 0.474. The van der Waals surface area contributed by atoms with Crippen LogP contribution in [0.4, 0.5) is 0 Å². The molecule has 0 spiro atoms. The minimum atomic E-state index is 0. The van der Waals surface area contributed by atoms with Gasteiger partial charge in [-0.25, -0.2) is 0 Å². The summed E-state index contributed by atoms with van der Waals surface area (Å²) in [5.41, 5.74) is 9.69. The first-order valence-corrected chi connectivity index (χ1v) is 2.23. The van der Waals surface area contributed by atoms with Crippen LogP contribution in [-0.2, 0) is 0 Å². The van der Waals surface area contributed by atoms with E-state index < -0.39 is 0 Å². The van der Waals surface area contributed by atoms with Gasteiger partial charge in [-0.2, -0.15) is 0 Å². The van der Waals surface area contributed by atoms with Gasteiger partial charge in [0.05, 0.1) is 0 Å². The Morgan fingerprint density at radius 2 is 1.00 bits per heavy atom. The Labute approximate surface area is 46.9 Å². The normalized spacial score (nSPS) is 5.14. The first kappa shape index (κ1) is 15.8. The smallest absolute Gasteiger partial charge is 0.0106 e. The Kier molecular flexibility index (Phi) is 87.6. The summed E-state index contributed by atoms with van der Waals surface area (Å²) in [5, 5.41) is 0. The molecular weight excluding hydrogens is 88.1 g/mol. The number of rotatable bonds is 0. The zero-order chi connectivity index (χ0) is 5.41. The van der Waals surface area contributed by atoms with E-state index in [2.05, 4.69) is 0 Å². The molecule has 0 atom stereocenters. The van der Waals surface area contributed by atoms with E-state index >= 15 is 0 Å². The lowest BCUT2D eigenvalue weighted by Gasteiger charge is -1.53. The first-order chi connectivity index (χ1) is 2.83. The molecule has 0 heterocycles. The van der Waals surface area contributed by atoms with Crippen LogP contribution in [0.2, 0.25) is 0 Å². The van der Waals surface area contributed by atoms with Crippen LogP contribution in [0, 0.1) is 0 Å². The van der Waals surface area contributed by atoms with E-state index in [0.717, 1.165) is 13.1 Å². The van der Waals surface area contributed by atoms with Gasteiger partial charge in [0.25, 0.3) is 0 Å². The van der Waals surface area contributed by atoms with Crippen LogP contribution in [0.5, 0.6) is 0 Å². The second-order valence-corrected chi connectivity index (χ2v) is 0.816. The third-order valence-corrected chi connectivity index (χ3v) is 0. The van der Waals surface area contributed by atoms with E-state index in [1.54, 1.807) is 0 Å². The molecule has 0 radical (unpaired) electrons. The summed E-state index contributed by atoms with van der Waals surface area (Å²) in [7, 11) is 0. The molecule has 2 heteroatoms. The lowest BCUT2D eigenvalue weighted by molar-refractivity contribution is 1.14. The fourth-order valence-electron chi connectivity index (χ4n) is 0. The molecule has 0 rings (SSSR count). The van der Waals surface area contributed by atoms with Crippen molar-refractivity contribution >= 4 is 0 Å². The molecule has 0 aliphatic carbocycles. The van der Waals surface area contributed by atoms with Crippen molar-refractivity contribution in [2.75, 3.05) is 13.1 Å². The average Bonchev–Trinajstić information content (AvgIpc) is 1.39. The highest BCUT2D eigenvalue weighted by Gasteiger charge is 1.33. The van der Waals surface area contributed by atoms with Crippen molar-refractivity contribution in [1.29, 1.82) is 0 Å². The summed E-state index contributed by atoms with van der Waals surface area (Å²) in [6.07, 6.45) is 0. The SMILES string of the molecule is C.CCN.CCN. The van der Waals surface area contributed by atoms with Crippen molar-refractivity contribution in [1.82, 2.24) is 0 Å². The standard InChI is InChI=1S/2C2H7N.CH4/c2*1-2-3;/h2*2-3H2,1H3;1H4. The summed E-state index contributed by atoms with van der Waals surface area (Å²) in [4.78, 5) is 0. The van der Waals surface area contributed by atoms with Gasteiger partial charge < -0.3 is 11.5 Å². The van der Waals surface area contributed by atoms with Gasteiger partial charge in [-0.3, -0.25) is 0 Å². The van der Waals surface area contributed by atoms with Crippen molar-refractivity contribution in [2.24, 2.45) is 11.5 Å². The molecule has 0 saturated carbocycles. The highest BCUT2D eigenvalue weighted by atomic mass is 14.5. The molecule has 48 valence electrons. The van der Waals surface area contributed by atoms with E-state index in [0.29, 0.717) is 0 Å². The summed E-state index contributed by atoms with van der Waals surface area (Å²) < 4.78 is 0. The second kappa shape index (κ2) is 38.9. The summed E-state index contributed by atoms with van der Waals surface area (Å²) in [5.74, 6) is 0. The van der Waals surface area contributed by atoms with E-state index in [1.165, 1.54) is 0 Å². The Morgan fingerprint density at radius 1 is 1.00 bits per heavy atom. The average molecular weight is 106 g/mol. The molecule has 0 saturated heterocycles. The van der Waals surface area contributed by atoms with Crippen LogP contribution in [0.3, 0.4) is 0 Å². The minimum absolute atomic E-state index is 0. The molecule has 0 bridgehead atoms. The Morgan fingerprint density at radius 3 is 1.00 bits per heavy atom. The van der Waals surface area contributed by atoms with E-state index in [9.17, 15) is 0 Å². The van der Waals surface area contributed by atoms with E-state index in [-0.39, 0.29) is 7.43 Å². The highest BCUT2D eigenvalue weighted by Crippen LogP contribution is 1.20. The zero-order valence-corrected chi connectivity index (χ0v) is 4.57. The van der Waals surface area contributed by atoms with Crippen LogP contribution in [0.25, 0.3) is 0 Å². The molecule has 0 aromatic carbocycles. The number of nitrogens with two attached hydrogens (primary N) is 2.